The van der Waals surface area contributed by atoms with Crippen molar-refractivity contribution >= 4 is 32.0 Å². The molecule has 1 aliphatic heterocycles. The molecule has 21 heteroatoms. The fraction of sp³-hybridized carbons (Fsp3) is 0.326. The van der Waals surface area contributed by atoms with Crippen LogP contribution in [0.3, 0.4) is 0 Å². The number of likely N-dealkylation sites (tertiary alicyclic amines) is 1. The first-order chi connectivity index (χ1) is 31.8. The number of tetrazole rings is 1. The van der Waals surface area contributed by atoms with E-state index in [9.17, 15) is 13.2 Å². The molecule has 5 N–H and O–H groups in total. The number of nitrogens with one attached hydrogen (secondary N) is 1. The maximum atomic E-state index is 16.0. The van der Waals surface area contributed by atoms with Crippen molar-refractivity contribution in [2.45, 2.75) is 67.8 Å². The van der Waals surface area contributed by atoms with E-state index in [1.807, 2.05) is 12.1 Å². The molecule has 3 heterocycles. The Balaban J connectivity index is 1.41. The van der Waals surface area contributed by atoms with Crippen LogP contribution in [-0.2, 0) is 44.4 Å². The Hall–Kier alpha value is -6.65. The molecule has 0 spiro atoms. The first kappa shape index (κ1) is 48.3. The first-order valence-electron chi connectivity index (χ1n) is 21.1. The van der Waals surface area contributed by atoms with Gasteiger partial charge in [0.1, 0.15) is 38.5 Å². The average molecular weight is 955 g/mol. The summed E-state index contributed by atoms with van der Waals surface area (Å²) >= 11 is 0. The van der Waals surface area contributed by atoms with Crippen LogP contribution in [0.2, 0.25) is 0 Å². The Morgan fingerprint density at radius 1 is 0.806 bits per heavy atom. The van der Waals surface area contributed by atoms with E-state index in [-0.39, 0.29) is 68.5 Å². The highest BCUT2D eigenvalue weighted by Gasteiger charge is 2.42. The summed E-state index contributed by atoms with van der Waals surface area (Å²) in [6, 6.07) is 26.7. The number of rotatable bonds is 17. The van der Waals surface area contributed by atoms with E-state index in [4.69, 9.17) is 30.4 Å². The molecule has 6 aromatic rings. The van der Waals surface area contributed by atoms with E-state index in [1.165, 1.54) is 52.6 Å². The average Bonchev–Trinajstić information content (AvgIpc) is 3.95. The predicted octanol–water partition coefficient (Wildman–Crippen LogP) is 5.07. The third-order valence-electron chi connectivity index (χ3n) is 11.0. The Morgan fingerprint density at radius 2 is 1.37 bits per heavy atom. The minimum Gasteiger partial charge on any atom is -0.497 e. The minimum atomic E-state index is -4.93. The molecular weight excluding hydrogens is 901 g/mol. The van der Waals surface area contributed by atoms with Crippen molar-refractivity contribution in [1.29, 1.82) is 0 Å². The lowest BCUT2D eigenvalue weighted by atomic mass is 10.0. The second-order valence-corrected chi connectivity index (χ2v) is 20.7. The molecule has 1 fully saturated rings. The largest absolute Gasteiger partial charge is 0.497 e. The zero-order valence-corrected chi connectivity index (χ0v) is 39.7. The van der Waals surface area contributed by atoms with Crippen LogP contribution in [0.25, 0.3) is 22.5 Å². The number of benzene rings is 4. The van der Waals surface area contributed by atoms with E-state index in [2.05, 4.69) is 25.1 Å². The Morgan fingerprint density at radius 3 is 1.90 bits per heavy atom. The van der Waals surface area contributed by atoms with Gasteiger partial charge in [-0.3, -0.25) is 0 Å². The van der Waals surface area contributed by atoms with Crippen molar-refractivity contribution in [3.8, 4) is 39.8 Å². The minimum absolute atomic E-state index is 0.0252. The zero-order chi connectivity index (χ0) is 48.1. The SMILES string of the molecule is COc1ccc(CN(Cc2ccc(OC)cc2)S(=O)(=O)c2c(S(=O)(=O)NCC3(N)CCN(C(=O)OC(C)(C)C)C3)ccc(-c3ccc(N)nc3)c2-c2nnn(Cc3ccc(OC)cc3)n2)cc1. The van der Waals surface area contributed by atoms with Crippen LogP contribution in [0.15, 0.2) is 113 Å². The number of anilines is 1. The summed E-state index contributed by atoms with van der Waals surface area (Å²) in [6.07, 6.45) is 1.09. The van der Waals surface area contributed by atoms with Gasteiger partial charge in [-0.2, -0.15) is 9.10 Å². The van der Waals surface area contributed by atoms with Crippen LogP contribution in [0, 0.1) is 0 Å². The summed E-state index contributed by atoms with van der Waals surface area (Å²) in [7, 11) is -5.11. The van der Waals surface area contributed by atoms with Crippen LogP contribution in [0.1, 0.15) is 43.9 Å². The summed E-state index contributed by atoms with van der Waals surface area (Å²) < 4.78 is 87.3. The Kier molecular flexibility index (Phi) is 14.2. The van der Waals surface area contributed by atoms with Gasteiger partial charge in [0.2, 0.25) is 25.9 Å². The third kappa shape index (κ3) is 11.5. The summed E-state index contributed by atoms with van der Waals surface area (Å²) in [5, 5.41) is 13.3. The molecule has 0 radical (unpaired) electrons. The molecule has 1 amide bonds. The number of ether oxygens (including phenoxy) is 4. The molecule has 1 atom stereocenters. The Bertz CT molecular complexity index is 2860. The summed E-state index contributed by atoms with van der Waals surface area (Å²) in [5.74, 6) is 1.75. The lowest BCUT2D eigenvalue weighted by molar-refractivity contribution is 0.0285. The molecule has 354 valence electrons. The summed E-state index contributed by atoms with van der Waals surface area (Å²) in [6.45, 7) is 4.77. The monoisotopic (exact) mass is 954 g/mol. The van der Waals surface area contributed by atoms with Crippen molar-refractivity contribution in [1.82, 2.24) is 39.1 Å². The molecule has 1 unspecified atom stereocenters. The van der Waals surface area contributed by atoms with Gasteiger partial charge in [-0.05, 0) is 109 Å². The number of carbonyl (C=O) groups excluding carboxylic acids is 1. The second kappa shape index (κ2) is 19.7. The van der Waals surface area contributed by atoms with E-state index in [0.717, 1.165) is 5.56 Å². The molecular formula is C46H54N10O9S2. The van der Waals surface area contributed by atoms with Crippen molar-refractivity contribution in [3.63, 3.8) is 0 Å². The summed E-state index contributed by atoms with van der Waals surface area (Å²) in [5.41, 5.74) is 13.1. The molecule has 19 nitrogen and oxygen atoms in total. The smallest absolute Gasteiger partial charge is 0.410 e. The van der Waals surface area contributed by atoms with E-state index in [0.29, 0.717) is 33.9 Å². The molecule has 1 aliphatic rings. The predicted molar refractivity (Wildman–Crippen MR) is 250 cm³/mol. The number of pyridine rings is 1. The van der Waals surface area contributed by atoms with Crippen LogP contribution in [0.4, 0.5) is 10.6 Å². The molecule has 67 heavy (non-hydrogen) atoms. The van der Waals surface area contributed by atoms with Gasteiger partial charge >= 0.3 is 6.09 Å². The van der Waals surface area contributed by atoms with Gasteiger partial charge < -0.3 is 35.3 Å². The maximum absolute atomic E-state index is 16.0. The number of nitrogen functional groups attached to an aromatic ring is 1. The number of nitrogens with two attached hydrogens (primary N) is 2. The maximum Gasteiger partial charge on any atom is 0.410 e. The Labute approximate surface area is 390 Å². The number of hydrogen-bond donors (Lipinski definition) is 3. The fourth-order valence-electron chi connectivity index (χ4n) is 7.43. The zero-order valence-electron chi connectivity index (χ0n) is 38.0. The van der Waals surface area contributed by atoms with Gasteiger partial charge in [-0.1, -0.05) is 42.5 Å². The van der Waals surface area contributed by atoms with Crippen LogP contribution < -0.4 is 30.4 Å². The van der Waals surface area contributed by atoms with Gasteiger partial charge in [0.25, 0.3) is 0 Å². The van der Waals surface area contributed by atoms with Gasteiger partial charge in [-0.25, -0.2) is 31.3 Å². The number of methoxy groups -OCH3 is 3. The molecule has 0 bridgehead atoms. The number of sulfonamides is 2. The highest BCUT2D eigenvalue weighted by Crippen LogP contribution is 2.41. The van der Waals surface area contributed by atoms with Crippen LogP contribution in [-0.4, -0.2) is 109 Å². The van der Waals surface area contributed by atoms with Crippen LogP contribution >= 0.6 is 0 Å². The van der Waals surface area contributed by atoms with Crippen molar-refractivity contribution < 1.29 is 40.6 Å². The number of aromatic nitrogens is 5. The standard InChI is InChI=1S/C46H54N10O9S2/c1-45(2,3)65-44(57)54-24-23-46(48,30-54)29-50-66(58,59)39-21-20-38(34-13-22-40(47)49-25-34)41(43-51-53-56(52-43)28-33-11-18-37(64-6)19-12-33)42(39)67(60,61)55(26-31-7-14-35(62-4)15-8-31)27-32-9-16-36(63-5)17-10-32/h7-22,25,50H,23-24,26-30,48H2,1-6H3,(H2,47,49). The summed E-state index contributed by atoms with van der Waals surface area (Å²) in [4.78, 5) is 18.7. The van der Waals surface area contributed by atoms with Gasteiger partial charge in [0.15, 0.2) is 0 Å². The lowest BCUT2D eigenvalue weighted by Gasteiger charge is -2.28. The fourth-order valence-corrected chi connectivity index (χ4v) is 11.0. The quantitative estimate of drug-likeness (QED) is 0.108. The van der Waals surface area contributed by atoms with Gasteiger partial charge in [0.05, 0.1) is 33.4 Å². The number of nitrogens with zero attached hydrogens (tertiary/aromatic N) is 7. The van der Waals surface area contributed by atoms with E-state index < -0.39 is 47.1 Å². The van der Waals surface area contributed by atoms with Gasteiger partial charge in [-0.15, -0.1) is 10.2 Å². The third-order valence-corrected chi connectivity index (χ3v) is 14.4. The number of hydrogen-bond acceptors (Lipinski definition) is 15. The van der Waals surface area contributed by atoms with Crippen LogP contribution in [0.5, 0.6) is 17.2 Å². The molecule has 7 rings (SSSR count). The number of amides is 1. The molecule has 1 saturated heterocycles. The van der Waals surface area contributed by atoms with Gasteiger partial charge in [0, 0.05) is 50.0 Å². The second-order valence-electron chi connectivity index (χ2n) is 17.1. The van der Waals surface area contributed by atoms with E-state index >= 15 is 8.42 Å². The van der Waals surface area contributed by atoms with Crippen molar-refractivity contribution in [2.75, 3.05) is 46.7 Å². The lowest BCUT2D eigenvalue weighted by Crippen LogP contribution is -2.52. The molecule has 4 aromatic carbocycles. The normalized spacial score (nSPS) is 15.4. The first-order valence-corrected chi connectivity index (χ1v) is 24.0. The molecule has 2 aromatic heterocycles. The highest BCUT2D eigenvalue weighted by molar-refractivity contribution is 7.92. The van der Waals surface area contributed by atoms with E-state index in [1.54, 1.807) is 94.6 Å². The molecule has 0 saturated carbocycles. The topological polar surface area (TPSA) is 249 Å². The van der Waals surface area contributed by atoms with Crippen molar-refractivity contribution in [2.24, 2.45) is 5.73 Å². The highest BCUT2D eigenvalue weighted by atomic mass is 32.2. The van der Waals surface area contributed by atoms with Crippen molar-refractivity contribution in [3.05, 3.63) is 120 Å². The molecule has 0 aliphatic carbocycles. The number of carbonyl (C=O) groups is 1.